The third-order valence-electron chi connectivity index (χ3n) is 6.65. The number of amides is 3. The summed E-state index contributed by atoms with van der Waals surface area (Å²) < 4.78 is 5.56. The topological polar surface area (TPSA) is 94.8 Å². The monoisotopic (exact) mass is 474 g/mol. The van der Waals surface area contributed by atoms with Crippen molar-refractivity contribution in [3.8, 4) is 11.4 Å². The minimum atomic E-state index is -0.120. The largest absolute Gasteiger partial charge is 0.368 e. The average Bonchev–Trinajstić information content (AvgIpc) is 3.52. The normalized spacial score (nSPS) is 18.3. The summed E-state index contributed by atoms with van der Waals surface area (Å²) in [6, 6.07) is 16.0. The van der Waals surface area contributed by atoms with Crippen LogP contribution in [0.5, 0.6) is 0 Å². The molecule has 5 rings (SSSR count). The smallest absolute Gasteiger partial charge is 0.317 e. The molecule has 0 unspecified atom stereocenters. The zero-order chi connectivity index (χ0) is 24.4. The van der Waals surface area contributed by atoms with Gasteiger partial charge in [0, 0.05) is 62.6 Å². The fourth-order valence-corrected chi connectivity index (χ4v) is 4.62. The maximum atomic E-state index is 12.6. The van der Waals surface area contributed by atoms with Crippen LogP contribution in [0.15, 0.2) is 53.1 Å². The van der Waals surface area contributed by atoms with Gasteiger partial charge in [-0.05, 0) is 50.2 Å². The Labute approximate surface area is 204 Å². The molecule has 0 saturated carbocycles. The predicted octanol–water partition coefficient (Wildman–Crippen LogP) is 3.42. The van der Waals surface area contributed by atoms with Gasteiger partial charge in [-0.15, -0.1) is 0 Å². The van der Waals surface area contributed by atoms with Crippen molar-refractivity contribution in [3.05, 3.63) is 60.0 Å². The van der Waals surface area contributed by atoms with Crippen molar-refractivity contribution in [1.82, 2.24) is 20.4 Å². The van der Waals surface area contributed by atoms with Gasteiger partial charge >= 0.3 is 6.03 Å². The first kappa shape index (κ1) is 22.9. The minimum Gasteiger partial charge on any atom is -0.368 e. The van der Waals surface area contributed by atoms with Gasteiger partial charge in [0.25, 0.3) is 0 Å². The second kappa shape index (κ2) is 9.77. The van der Waals surface area contributed by atoms with E-state index in [1.807, 2.05) is 67.3 Å². The van der Waals surface area contributed by atoms with Crippen molar-refractivity contribution < 1.29 is 14.1 Å². The van der Waals surface area contributed by atoms with Crippen molar-refractivity contribution in [1.29, 1.82) is 0 Å². The van der Waals surface area contributed by atoms with Crippen LogP contribution in [0.4, 0.5) is 16.2 Å². The molecule has 0 bridgehead atoms. The second-order valence-electron chi connectivity index (χ2n) is 9.05. The molecule has 0 aliphatic carbocycles. The Morgan fingerprint density at radius 1 is 1.03 bits per heavy atom. The predicted molar refractivity (Wildman–Crippen MR) is 133 cm³/mol. The number of carbonyl (C=O) groups excluding carboxylic acids is 2. The fourth-order valence-electron chi connectivity index (χ4n) is 4.62. The van der Waals surface area contributed by atoms with Crippen molar-refractivity contribution in [2.75, 3.05) is 49.1 Å². The van der Waals surface area contributed by atoms with Crippen molar-refractivity contribution in [2.24, 2.45) is 0 Å². The number of hydrogen-bond acceptors (Lipinski definition) is 6. The van der Waals surface area contributed by atoms with Crippen LogP contribution in [-0.4, -0.2) is 66.2 Å². The van der Waals surface area contributed by atoms with E-state index in [2.05, 4.69) is 20.4 Å². The van der Waals surface area contributed by atoms with E-state index in [1.165, 1.54) is 0 Å². The molecule has 1 aromatic heterocycles. The first-order valence-electron chi connectivity index (χ1n) is 12.1. The summed E-state index contributed by atoms with van der Waals surface area (Å²) in [7, 11) is 0. The molecule has 1 N–H and O–H groups in total. The number of urea groups is 1. The highest BCUT2D eigenvalue weighted by Crippen LogP contribution is 2.32. The lowest BCUT2D eigenvalue weighted by molar-refractivity contribution is -0.117. The number of rotatable bonds is 5. The summed E-state index contributed by atoms with van der Waals surface area (Å²) in [4.78, 5) is 35.1. The van der Waals surface area contributed by atoms with Gasteiger partial charge in [0.1, 0.15) is 0 Å². The summed E-state index contributed by atoms with van der Waals surface area (Å²) in [6.45, 7) is 8.09. The third kappa shape index (κ3) is 4.84. The number of nitrogens with zero attached hydrogens (tertiary/aromatic N) is 5. The molecule has 2 aliphatic heterocycles. The van der Waals surface area contributed by atoms with Gasteiger partial charge in [-0.25, -0.2) is 4.79 Å². The summed E-state index contributed by atoms with van der Waals surface area (Å²) in [5.74, 6) is 0.961. The van der Waals surface area contributed by atoms with Gasteiger partial charge in [0.15, 0.2) is 0 Å². The summed E-state index contributed by atoms with van der Waals surface area (Å²) >= 11 is 0. The number of aryl methyl sites for hydroxylation is 1. The molecule has 2 aliphatic rings. The molecule has 0 radical (unpaired) electrons. The van der Waals surface area contributed by atoms with Gasteiger partial charge in [-0.3, -0.25) is 4.79 Å². The molecule has 3 aromatic rings. The summed E-state index contributed by atoms with van der Waals surface area (Å²) in [6.07, 6.45) is 0.358. The highest BCUT2D eigenvalue weighted by atomic mass is 16.5. The Balaban J connectivity index is 1.21. The van der Waals surface area contributed by atoms with Crippen LogP contribution in [0.3, 0.4) is 0 Å². The van der Waals surface area contributed by atoms with E-state index in [1.54, 1.807) is 4.90 Å². The molecule has 182 valence electrons. The number of nitrogens with one attached hydrogen (secondary N) is 1. The number of aromatic nitrogens is 2. The second-order valence-corrected chi connectivity index (χ2v) is 9.05. The maximum absolute atomic E-state index is 12.6. The Kier molecular flexibility index (Phi) is 6.39. The van der Waals surface area contributed by atoms with Crippen molar-refractivity contribution >= 4 is 23.3 Å². The third-order valence-corrected chi connectivity index (χ3v) is 6.65. The quantitative estimate of drug-likeness (QED) is 0.609. The molecule has 2 aromatic carbocycles. The van der Waals surface area contributed by atoms with E-state index in [0.29, 0.717) is 44.3 Å². The molecule has 9 heteroatoms. The lowest BCUT2D eigenvalue weighted by Gasteiger charge is -2.36. The summed E-state index contributed by atoms with van der Waals surface area (Å²) in [5.41, 5.74) is 4.02. The number of piperazine rings is 1. The molecule has 2 saturated heterocycles. The Morgan fingerprint density at radius 2 is 1.71 bits per heavy atom. The van der Waals surface area contributed by atoms with Crippen LogP contribution >= 0.6 is 0 Å². The lowest BCUT2D eigenvalue weighted by atomic mass is 10.1. The van der Waals surface area contributed by atoms with E-state index >= 15 is 0 Å². The Bertz CT molecular complexity index is 1180. The van der Waals surface area contributed by atoms with Crippen LogP contribution in [0.1, 0.15) is 30.7 Å². The zero-order valence-electron chi connectivity index (χ0n) is 20.1. The molecule has 9 nitrogen and oxygen atoms in total. The zero-order valence-corrected chi connectivity index (χ0v) is 20.1. The van der Waals surface area contributed by atoms with Crippen LogP contribution in [0.25, 0.3) is 11.4 Å². The van der Waals surface area contributed by atoms with Crippen LogP contribution in [-0.2, 0) is 4.79 Å². The van der Waals surface area contributed by atoms with Crippen LogP contribution in [0.2, 0.25) is 0 Å². The molecule has 1 atom stereocenters. The van der Waals surface area contributed by atoms with Crippen molar-refractivity contribution in [2.45, 2.75) is 26.2 Å². The number of anilines is 2. The first-order chi connectivity index (χ1) is 17.0. The fraction of sp³-hybridized carbons (Fsp3) is 0.385. The average molecular weight is 475 g/mol. The minimum absolute atomic E-state index is 0.00126. The molecule has 35 heavy (non-hydrogen) atoms. The van der Waals surface area contributed by atoms with E-state index in [-0.39, 0.29) is 17.9 Å². The Hall–Kier alpha value is -3.88. The van der Waals surface area contributed by atoms with Crippen molar-refractivity contribution in [3.63, 3.8) is 0 Å². The SMILES string of the molecule is CCNC(=O)N1CCN(c2ccc(-c3noc([C@@H]4CC(=O)N(c5ccc(C)cc5)C4)n3)cc2)CC1. The molecular formula is C26H30N6O3. The van der Waals surface area contributed by atoms with Gasteiger partial charge in [0.05, 0.1) is 5.92 Å². The standard InChI is InChI=1S/C26H30N6O3/c1-3-27-26(34)31-14-12-30(13-15-31)21-10-6-19(7-11-21)24-28-25(35-29-24)20-16-23(33)32(17-20)22-8-4-18(2)5-9-22/h4-11,20H,3,12-17H2,1-2H3,(H,27,34)/t20-/m1/s1. The van der Waals surface area contributed by atoms with E-state index in [0.717, 1.165) is 35.6 Å². The first-order valence-corrected chi connectivity index (χ1v) is 12.1. The number of benzene rings is 2. The molecule has 3 heterocycles. The maximum Gasteiger partial charge on any atom is 0.317 e. The Morgan fingerprint density at radius 3 is 2.40 bits per heavy atom. The van der Waals surface area contributed by atoms with Gasteiger partial charge < -0.3 is 24.5 Å². The van der Waals surface area contributed by atoms with E-state index < -0.39 is 0 Å². The van der Waals surface area contributed by atoms with Gasteiger partial charge in [0.2, 0.25) is 17.6 Å². The van der Waals surface area contributed by atoms with E-state index in [4.69, 9.17) is 4.52 Å². The van der Waals surface area contributed by atoms with Crippen LogP contribution in [0, 0.1) is 6.92 Å². The summed E-state index contributed by atoms with van der Waals surface area (Å²) in [5, 5.41) is 7.03. The van der Waals surface area contributed by atoms with Crippen LogP contribution < -0.4 is 15.1 Å². The molecule has 0 spiro atoms. The lowest BCUT2D eigenvalue weighted by Crippen LogP contribution is -2.51. The van der Waals surface area contributed by atoms with Gasteiger partial charge in [-0.2, -0.15) is 4.98 Å². The van der Waals surface area contributed by atoms with E-state index in [9.17, 15) is 9.59 Å². The van der Waals surface area contributed by atoms with Gasteiger partial charge in [-0.1, -0.05) is 22.9 Å². The molecular weight excluding hydrogens is 444 g/mol. The highest BCUT2D eigenvalue weighted by Gasteiger charge is 2.35. The highest BCUT2D eigenvalue weighted by molar-refractivity contribution is 5.96. The molecule has 2 fully saturated rings. The number of carbonyl (C=O) groups is 2. The molecule has 3 amide bonds. The number of hydrogen-bond donors (Lipinski definition) is 1.